The molecule has 0 saturated heterocycles. The van der Waals surface area contributed by atoms with Gasteiger partial charge in [0.1, 0.15) is 5.75 Å². The number of nitrogens with one attached hydrogen (secondary N) is 1. The quantitative estimate of drug-likeness (QED) is 0.568. The maximum absolute atomic E-state index is 5.79. The van der Waals surface area contributed by atoms with Crippen LogP contribution < -0.4 is 10.1 Å². The largest absolute Gasteiger partial charge is 0.494 e. The van der Waals surface area contributed by atoms with E-state index in [9.17, 15) is 0 Å². The van der Waals surface area contributed by atoms with Crippen LogP contribution in [0, 0.1) is 0 Å². The number of rotatable bonds is 11. The standard InChI is InChI=1S/C18H31NO/c1-4-7-8-9-13-17(19-15-5-2)16-12-10-11-14-18(16)20-6-3/h10-12,14,17,19H,4-9,13,15H2,1-3H3. The topological polar surface area (TPSA) is 21.3 Å². The summed E-state index contributed by atoms with van der Waals surface area (Å²) in [5, 5.41) is 3.68. The Balaban J connectivity index is 2.70. The van der Waals surface area contributed by atoms with E-state index in [4.69, 9.17) is 4.74 Å². The zero-order chi connectivity index (χ0) is 14.6. The second-order valence-electron chi connectivity index (χ2n) is 5.33. The fraction of sp³-hybridized carbons (Fsp3) is 0.667. The van der Waals surface area contributed by atoms with Crippen LogP contribution in [0.5, 0.6) is 5.75 Å². The molecule has 0 aliphatic heterocycles. The molecule has 0 aliphatic carbocycles. The highest BCUT2D eigenvalue weighted by molar-refractivity contribution is 5.36. The number of para-hydroxylation sites is 1. The Hall–Kier alpha value is -1.02. The Morgan fingerprint density at radius 1 is 1.00 bits per heavy atom. The summed E-state index contributed by atoms with van der Waals surface area (Å²) in [7, 11) is 0. The van der Waals surface area contributed by atoms with Crippen LogP contribution in [0.3, 0.4) is 0 Å². The first-order chi connectivity index (χ1) is 9.83. The molecule has 1 atom stereocenters. The first-order valence-electron chi connectivity index (χ1n) is 8.28. The summed E-state index contributed by atoms with van der Waals surface area (Å²) in [6.07, 6.45) is 7.62. The van der Waals surface area contributed by atoms with E-state index in [2.05, 4.69) is 43.4 Å². The van der Waals surface area contributed by atoms with Gasteiger partial charge in [-0.15, -0.1) is 0 Å². The van der Waals surface area contributed by atoms with E-state index in [-0.39, 0.29) is 0 Å². The molecule has 0 spiro atoms. The first kappa shape index (κ1) is 17.0. The van der Waals surface area contributed by atoms with E-state index >= 15 is 0 Å². The second-order valence-corrected chi connectivity index (χ2v) is 5.33. The van der Waals surface area contributed by atoms with Crippen LogP contribution in [0.15, 0.2) is 24.3 Å². The van der Waals surface area contributed by atoms with Crippen molar-refractivity contribution in [3.05, 3.63) is 29.8 Å². The van der Waals surface area contributed by atoms with Crippen LogP contribution >= 0.6 is 0 Å². The summed E-state index contributed by atoms with van der Waals surface area (Å²) in [5.41, 5.74) is 1.32. The van der Waals surface area contributed by atoms with Crippen molar-refractivity contribution in [1.29, 1.82) is 0 Å². The Bertz CT molecular complexity index is 351. The molecule has 0 fully saturated rings. The molecule has 20 heavy (non-hydrogen) atoms. The molecule has 2 nitrogen and oxygen atoms in total. The summed E-state index contributed by atoms with van der Waals surface area (Å²) in [4.78, 5) is 0. The normalized spacial score (nSPS) is 12.3. The average molecular weight is 277 g/mol. The summed E-state index contributed by atoms with van der Waals surface area (Å²) >= 11 is 0. The fourth-order valence-electron chi connectivity index (χ4n) is 2.52. The maximum atomic E-state index is 5.79. The molecule has 114 valence electrons. The van der Waals surface area contributed by atoms with Crippen molar-refractivity contribution in [3.63, 3.8) is 0 Å². The Morgan fingerprint density at radius 3 is 2.50 bits per heavy atom. The van der Waals surface area contributed by atoms with Crippen LogP contribution in [0.2, 0.25) is 0 Å². The van der Waals surface area contributed by atoms with Crippen LogP contribution in [-0.2, 0) is 0 Å². The van der Waals surface area contributed by atoms with Gasteiger partial charge >= 0.3 is 0 Å². The maximum Gasteiger partial charge on any atom is 0.124 e. The predicted octanol–water partition coefficient (Wildman–Crippen LogP) is 5.10. The highest BCUT2D eigenvalue weighted by Crippen LogP contribution is 2.28. The molecule has 0 radical (unpaired) electrons. The average Bonchev–Trinajstić information content (AvgIpc) is 2.48. The molecule has 1 N–H and O–H groups in total. The number of hydrogen-bond acceptors (Lipinski definition) is 2. The number of hydrogen-bond donors (Lipinski definition) is 1. The molecule has 0 saturated carbocycles. The predicted molar refractivity (Wildman–Crippen MR) is 87.4 cm³/mol. The Morgan fingerprint density at radius 2 is 1.80 bits per heavy atom. The van der Waals surface area contributed by atoms with Gasteiger partial charge in [-0.25, -0.2) is 0 Å². The van der Waals surface area contributed by atoms with Gasteiger partial charge in [0.15, 0.2) is 0 Å². The summed E-state index contributed by atoms with van der Waals surface area (Å²) < 4.78 is 5.79. The van der Waals surface area contributed by atoms with E-state index in [1.807, 2.05) is 6.92 Å². The third-order valence-electron chi connectivity index (χ3n) is 3.58. The minimum atomic E-state index is 0.426. The summed E-state index contributed by atoms with van der Waals surface area (Å²) in [6, 6.07) is 8.89. The number of ether oxygens (including phenoxy) is 1. The summed E-state index contributed by atoms with van der Waals surface area (Å²) in [5.74, 6) is 1.04. The van der Waals surface area contributed by atoms with Crippen LogP contribution in [0.25, 0.3) is 0 Å². The zero-order valence-electron chi connectivity index (χ0n) is 13.5. The molecule has 0 aliphatic rings. The van der Waals surface area contributed by atoms with Gasteiger partial charge in [0.25, 0.3) is 0 Å². The molecule has 0 aromatic heterocycles. The van der Waals surface area contributed by atoms with Gasteiger partial charge in [-0.05, 0) is 32.4 Å². The van der Waals surface area contributed by atoms with E-state index < -0.39 is 0 Å². The Labute approximate surface area is 124 Å². The van der Waals surface area contributed by atoms with Crippen LogP contribution in [0.1, 0.15) is 70.9 Å². The third kappa shape index (κ3) is 5.96. The highest BCUT2D eigenvalue weighted by atomic mass is 16.5. The van der Waals surface area contributed by atoms with E-state index in [1.165, 1.54) is 44.1 Å². The second kappa shape index (κ2) is 10.7. The van der Waals surface area contributed by atoms with Crippen molar-refractivity contribution in [2.24, 2.45) is 0 Å². The van der Waals surface area contributed by atoms with Crippen molar-refractivity contribution in [2.75, 3.05) is 13.2 Å². The lowest BCUT2D eigenvalue weighted by Gasteiger charge is -2.21. The van der Waals surface area contributed by atoms with Gasteiger partial charge < -0.3 is 10.1 Å². The lowest BCUT2D eigenvalue weighted by Crippen LogP contribution is -2.22. The van der Waals surface area contributed by atoms with Crippen LogP contribution in [-0.4, -0.2) is 13.2 Å². The molecule has 1 rings (SSSR count). The van der Waals surface area contributed by atoms with Crippen LogP contribution in [0.4, 0.5) is 0 Å². The lowest BCUT2D eigenvalue weighted by atomic mass is 9.99. The minimum Gasteiger partial charge on any atom is -0.494 e. The van der Waals surface area contributed by atoms with E-state index in [0.717, 1.165) is 18.9 Å². The van der Waals surface area contributed by atoms with E-state index in [1.54, 1.807) is 0 Å². The molecule has 1 unspecified atom stereocenters. The summed E-state index contributed by atoms with van der Waals surface area (Å²) in [6.45, 7) is 8.32. The minimum absolute atomic E-state index is 0.426. The third-order valence-corrected chi connectivity index (χ3v) is 3.58. The molecular weight excluding hydrogens is 246 g/mol. The van der Waals surface area contributed by atoms with Crippen molar-refractivity contribution in [2.45, 2.75) is 65.3 Å². The van der Waals surface area contributed by atoms with Crippen molar-refractivity contribution >= 4 is 0 Å². The smallest absolute Gasteiger partial charge is 0.124 e. The molecule has 0 amide bonds. The number of benzene rings is 1. The molecular formula is C18H31NO. The van der Waals surface area contributed by atoms with Gasteiger partial charge in [-0.1, -0.05) is 57.7 Å². The van der Waals surface area contributed by atoms with Gasteiger partial charge in [-0.3, -0.25) is 0 Å². The number of unbranched alkanes of at least 4 members (excludes halogenated alkanes) is 3. The molecule has 0 bridgehead atoms. The van der Waals surface area contributed by atoms with Gasteiger partial charge in [0.2, 0.25) is 0 Å². The highest BCUT2D eigenvalue weighted by Gasteiger charge is 2.14. The van der Waals surface area contributed by atoms with Gasteiger partial charge in [0.05, 0.1) is 6.61 Å². The van der Waals surface area contributed by atoms with Gasteiger partial charge in [0, 0.05) is 11.6 Å². The zero-order valence-corrected chi connectivity index (χ0v) is 13.5. The van der Waals surface area contributed by atoms with E-state index in [0.29, 0.717) is 6.04 Å². The fourth-order valence-corrected chi connectivity index (χ4v) is 2.52. The molecule has 0 heterocycles. The molecule has 2 heteroatoms. The van der Waals surface area contributed by atoms with Crippen molar-refractivity contribution in [3.8, 4) is 5.75 Å². The Kier molecular flexibility index (Phi) is 9.14. The molecule has 1 aromatic carbocycles. The van der Waals surface area contributed by atoms with Crippen molar-refractivity contribution in [1.82, 2.24) is 5.32 Å². The van der Waals surface area contributed by atoms with Gasteiger partial charge in [-0.2, -0.15) is 0 Å². The SMILES string of the molecule is CCCCCCC(NCCC)c1ccccc1OCC. The first-order valence-corrected chi connectivity index (χ1v) is 8.28. The monoisotopic (exact) mass is 277 g/mol. The lowest BCUT2D eigenvalue weighted by molar-refractivity contribution is 0.329. The van der Waals surface area contributed by atoms with Crippen molar-refractivity contribution < 1.29 is 4.74 Å². The molecule has 1 aromatic rings.